The number of hydrogen-bond acceptors (Lipinski definition) is 6. The molecular formula is C16H10Cl2N6O. The van der Waals surface area contributed by atoms with Crippen LogP contribution in [0.1, 0.15) is 5.82 Å². The Kier molecular flexibility index (Phi) is 5.14. The van der Waals surface area contributed by atoms with E-state index in [-0.39, 0.29) is 11.4 Å². The Hall–Kier alpha value is -3.08. The van der Waals surface area contributed by atoms with Gasteiger partial charge in [-0.1, -0.05) is 23.2 Å². The summed E-state index contributed by atoms with van der Waals surface area (Å²) in [6, 6.07) is 14.1. The molecule has 0 unspecified atom stereocenters. The highest BCUT2D eigenvalue weighted by molar-refractivity contribution is 6.34. The maximum absolute atomic E-state index is 9.11. The van der Waals surface area contributed by atoms with Gasteiger partial charge in [0.1, 0.15) is 23.1 Å². The number of halogens is 2. The zero-order valence-corrected chi connectivity index (χ0v) is 14.1. The van der Waals surface area contributed by atoms with Crippen molar-refractivity contribution >= 4 is 34.5 Å². The lowest BCUT2D eigenvalue weighted by Gasteiger charge is -2.08. The van der Waals surface area contributed by atoms with Gasteiger partial charge >= 0.3 is 0 Å². The van der Waals surface area contributed by atoms with Crippen LogP contribution in [0.4, 0.5) is 5.69 Å². The summed E-state index contributed by atoms with van der Waals surface area (Å²) >= 11 is 11.9. The third kappa shape index (κ3) is 4.47. The van der Waals surface area contributed by atoms with Gasteiger partial charge in [-0.15, -0.1) is 10.2 Å². The van der Waals surface area contributed by atoms with Crippen molar-refractivity contribution in [3.05, 3.63) is 64.5 Å². The van der Waals surface area contributed by atoms with Crippen LogP contribution >= 0.6 is 23.2 Å². The van der Waals surface area contributed by atoms with E-state index in [1.807, 2.05) is 6.07 Å². The third-order valence-corrected chi connectivity index (χ3v) is 3.45. The number of H-pyrrole nitrogens is 1. The second kappa shape index (κ2) is 7.66. The molecule has 0 radical (unpaired) electrons. The summed E-state index contributed by atoms with van der Waals surface area (Å²) in [7, 11) is 0. The highest BCUT2D eigenvalue weighted by Gasteiger charge is 2.05. The predicted molar refractivity (Wildman–Crippen MR) is 94.4 cm³/mol. The Morgan fingerprint density at radius 1 is 1.12 bits per heavy atom. The number of nitriles is 1. The van der Waals surface area contributed by atoms with E-state index in [1.165, 1.54) is 6.20 Å². The van der Waals surface area contributed by atoms with Crippen LogP contribution < -0.4 is 10.1 Å². The van der Waals surface area contributed by atoms with Crippen LogP contribution in [0.25, 0.3) is 5.57 Å². The Labute approximate surface area is 152 Å². The van der Waals surface area contributed by atoms with Gasteiger partial charge in [-0.3, -0.25) is 0 Å². The predicted octanol–water partition coefficient (Wildman–Crippen LogP) is 4.28. The monoisotopic (exact) mass is 372 g/mol. The topological polar surface area (TPSA) is 99.5 Å². The van der Waals surface area contributed by atoms with Gasteiger partial charge in [0.2, 0.25) is 5.82 Å². The molecule has 1 aromatic heterocycles. The van der Waals surface area contributed by atoms with Gasteiger partial charge in [-0.2, -0.15) is 10.5 Å². The lowest BCUT2D eigenvalue weighted by Crippen LogP contribution is -1.93. The van der Waals surface area contributed by atoms with Crippen LogP contribution in [-0.4, -0.2) is 20.6 Å². The highest BCUT2D eigenvalue weighted by atomic mass is 35.5. The van der Waals surface area contributed by atoms with E-state index in [9.17, 15) is 0 Å². The lowest BCUT2D eigenvalue weighted by atomic mass is 10.2. The van der Waals surface area contributed by atoms with Crippen LogP contribution in [0.2, 0.25) is 10.0 Å². The number of anilines is 1. The van der Waals surface area contributed by atoms with Crippen molar-refractivity contribution in [3.8, 4) is 17.6 Å². The van der Waals surface area contributed by atoms with Crippen LogP contribution in [0.15, 0.2) is 48.7 Å². The van der Waals surface area contributed by atoms with Crippen molar-refractivity contribution in [2.75, 3.05) is 5.32 Å². The molecule has 0 fully saturated rings. The quantitative estimate of drug-likeness (QED) is 0.648. The molecule has 3 rings (SSSR count). The second-order valence-corrected chi connectivity index (χ2v) is 5.65. The molecule has 0 aliphatic carbocycles. The number of ether oxygens (including phenoxy) is 1. The van der Waals surface area contributed by atoms with Gasteiger partial charge < -0.3 is 10.1 Å². The van der Waals surface area contributed by atoms with E-state index in [0.717, 1.165) is 5.69 Å². The average Bonchev–Trinajstić information content (AvgIpc) is 3.10. The summed E-state index contributed by atoms with van der Waals surface area (Å²) in [5.41, 5.74) is 1.01. The van der Waals surface area contributed by atoms with Gasteiger partial charge in [0.25, 0.3) is 0 Å². The van der Waals surface area contributed by atoms with Crippen molar-refractivity contribution in [3.63, 3.8) is 0 Å². The van der Waals surface area contributed by atoms with E-state index in [1.54, 1.807) is 42.5 Å². The van der Waals surface area contributed by atoms with Crippen molar-refractivity contribution in [1.82, 2.24) is 20.6 Å². The molecule has 25 heavy (non-hydrogen) atoms. The van der Waals surface area contributed by atoms with Crippen LogP contribution in [0, 0.1) is 11.3 Å². The lowest BCUT2D eigenvalue weighted by molar-refractivity contribution is 0.483. The van der Waals surface area contributed by atoms with Crippen molar-refractivity contribution in [2.45, 2.75) is 0 Å². The second-order valence-electron chi connectivity index (χ2n) is 4.78. The van der Waals surface area contributed by atoms with E-state index < -0.39 is 0 Å². The first-order chi connectivity index (χ1) is 12.1. The maximum Gasteiger partial charge on any atom is 0.216 e. The fraction of sp³-hybridized carbons (Fsp3) is 0. The minimum absolute atomic E-state index is 0.216. The van der Waals surface area contributed by atoms with Gasteiger partial charge in [0.05, 0.1) is 0 Å². The van der Waals surface area contributed by atoms with Crippen molar-refractivity contribution in [2.24, 2.45) is 0 Å². The highest BCUT2D eigenvalue weighted by Crippen LogP contribution is 2.29. The van der Waals surface area contributed by atoms with Gasteiger partial charge in [0.15, 0.2) is 0 Å². The number of tetrazole rings is 1. The molecular weight excluding hydrogens is 363 g/mol. The molecule has 1 heterocycles. The first-order valence-corrected chi connectivity index (χ1v) is 7.74. The minimum atomic E-state index is 0.216. The average molecular weight is 373 g/mol. The number of nitrogens with one attached hydrogen (secondary N) is 2. The maximum atomic E-state index is 9.11. The molecule has 0 saturated heterocycles. The Balaban J connectivity index is 1.69. The summed E-state index contributed by atoms with van der Waals surface area (Å²) in [4.78, 5) is 0. The summed E-state index contributed by atoms with van der Waals surface area (Å²) < 4.78 is 5.70. The van der Waals surface area contributed by atoms with Gasteiger partial charge in [0, 0.05) is 21.9 Å². The normalized spacial score (nSPS) is 11.0. The fourth-order valence-corrected chi connectivity index (χ4v) is 2.43. The number of benzene rings is 2. The fourth-order valence-electron chi connectivity index (χ4n) is 1.92. The van der Waals surface area contributed by atoms with Crippen LogP contribution in [0.3, 0.4) is 0 Å². The number of allylic oxidation sites excluding steroid dienone is 1. The molecule has 2 aromatic carbocycles. The largest absolute Gasteiger partial charge is 0.457 e. The molecule has 124 valence electrons. The number of hydrogen-bond donors (Lipinski definition) is 2. The molecule has 0 bridgehead atoms. The standard InChI is InChI=1S/C16H10Cl2N6O/c17-11-5-12(18)7-15(6-11)25-14-3-1-13(2-4-14)20-9-10(8-19)16-21-23-24-22-16/h1-7,9,20H,(H,21,22,23,24). The zero-order chi connectivity index (χ0) is 17.6. The van der Waals surface area contributed by atoms with Crippen LogP contribution in [0.5, 0.6) is 11.5 Å². The van der Waals surface area contributed by atoms with Gasteiger partial charge in [-0.25, -0.2) is 0 Å². The van der Waals surface area contributed by atoms with E-state index in [2.05, 4.69) is 25.9 Å². The number of aromatic amines is 1. The molecule has 0 saturated carbocycles. The molecule has 0 spiro atoms. The molecule has 3 aromatic rings. The Morgan fingerprint density at radius 2 is 1.84 bits per heavy atom. The summed E-state index contributed by atoms with van der Waals surface area (Å²) in [6.45, 7) is 0. The molecule has 0 aliphatic heterocycles. The number of nitrogens with zero attached hydrogens (tertiary/aromatic N) is 4. The van der Waals surface area contributed by atoms with E-state index >= 15 is 0 Å². The zero-order valence-electron chi connectivity index (χ0n) is 12.6. The Morgan fingerprint density at radius 3 is 2.44 bits per heavy atom. The first-order valence-electron chi connectivity index (χ1n) is 6.99. The molecule has 0 atom stereocenters. The van der Waals surface area contributed by atoms with E-state index in [4.69, 9.17) is 33.2 Å². The first kappa shape index (κ1) is 16.8. The summed E-state index contributed by atoms with van der Waals surface area (Å²) in [6.07, 6.45) is 1.50. The third-order valence-electron chi connectivity index (χ3n) is 3.02. The summed E-state index contributed by atoms with van der Waals surface area (Å²) in [5.74, 6) is 1.38. The van der Waals surface area contributed by atoms with Gasteiger partial charge in [-0.05, 0) is 47.7 Å². The SMILES string of the molecule is N#CC(=CNc1ccc(Oc2cc(Cl)cc(Cl)c2)cc1)c1nn[nH]n1. The molecule has 7 nitrogen and oxygen atoms in total. The Bertz CT molecular complexity index is 912. The smallest absolute Gasteiger partial charge is 0.216 e. The van der Waals surface area contributed by atoms with Crippen molar-refractivity contribution in [1.29, 1.82) is 5.26 Å². The molecule has 2 N–H and O–H groups in total. The molecule has 0 aliphatic rings. The summed E-state index contributed by atoms with van der Waals surface area (Å²) in [5, 5.41) is 26.3. The van der Waals surface area contributed by atoms with Crippen molar-refractivity contribution < 1.29 is 4.74 Å². The number of rotatable bonds is 5. The van der Waals surface area contributed by atoms with E-state index in [0.29, 0.717) is 21.5 Å². The molecule has 0 amide bonds. The molecule has 9 heteroatoms. The number of aromatic nitrogens is 4. The van der Waals surface area contributed by atoms with Crippen LogP contribution in [-0.2, 0) is 0 Å². The minimum Gasteiger partial charge on any atom is -0.457 e.